The van der Waals surface area contributed by atoms with Crippen LogP contribution in [0.1, 0.15) is 73.9 Å². The van der Waals surface area contributed by atoms with Crippen LogP contribution in [0.4, 0.5) is 0 Å². The van der Waals surface area contributed by atoms with Gasteiger partial charge in [-0.05, 0) is 23.6 Å². The van der Waals surface area contributed by atoms with Crippen LogP contribution in [0.15, 0.2) is 60.7 Å². The normalized spacial score (nSPS) is 11.5. The summed E-state index contributed by atoms with van der Waals surface area (Å²) in [7, 11) is 0. The largest absolute Gasteiger partial charge is 0.465 e. The van der Waals surface area contributed by atoms with Gasteiger partial charge in [-0.15, -0.1) is 0 Å². The number of aryl methyl sites for hydroxylation is 1. The summed E-state index contributed by atoms with van der Waals surface area (Å²) in [6, 6.07) is 17.4. The second-order valence-electron chi connectivity index (χ2n) is 9.25. The minimum atomic E-state index is -0.205. The van der Waals surface area contributed by atoms with E-state index in [1.54, 1.807) is 0 Å². The van der Waals surface area contributed by atoms with E-state index in [2.05, 4.69) is 95.3 Å². The fourth-order valence-corrected chi connectivity index (χ4v) is 2.84. The maximum Gasteiger partial charge on any atom is 0.308 e. The van der Waals surface area contributed by atoms with Crippen molar-refractivity contribution in [1.82, 2.24) is 0 Å². The minimum absolute atomic E-state index is 0. The molecule has 0 bridgehead atoms. The molecule has 31 heavy (non-hydrogen) atoms. The van der Waals surface area contributed by atoms with E-state index in [1.807, 2.05) is 27.7 Å². The van der Waals surface area contributed by atoms with Crippen LogP contribution in [0, 0.1) is 18.3 Å². The highest BCUT2D eigenvalue weighted by atomic mass is 16.5. The van der Waals surface area contributed by atoms with Crippen molar-refractivity contribution in [2.75, 3.05) is 6.61 Å². The van der Waals surface area contributed by atoms with E-state index in [0.29, 0.717) is 6.61 Å². The summed E-state index contributed by atoms with van der Waals surface area (Å²) in [4.78, 5) is 11.7. The lowest BCUT2D eigenvalue weighted by Crippen LogP contribution is -2.23. The lowest BCUT2D eigenvalue weighted by Gasteiger charge is -2.26. The highest BCUT2D eigenvalue weighted by molar-refractivity contribution is 5.71. The van der Waals surface area contributed by atoms with Gasteiger partial charge in [-0.1, -0.05) is 129 Å². The van der Waals surface area contributed by atoms with E-state index in [1.165, 1.54) is 22.3 Å². The Kier molecular flexibility index (Phi) is 11.5. The maximum atomic E-state index is 11.7. The number of esters is 1. The average molecular weight is 425 g/mol. The first-order valence-electron chi connectivity index (χ1n) is 11.0. The molecule has 0 amide bonds. The van der Waals surface area contributed by atoms with Gasteiger partial charge in [0, 0.05) is 10.8 Å². The first kappa shape index (κ1) is 28.6. The van der Waals surface area contributed by atoms with Crippen molar-refractivity contribution in [3.05, 3.63) is 71.8 Å². The van der Waals surface area contributed by atoms with Gasteiger partial charge in [0.25, 0.3) is 0 Å². The van der Waals surface area contributed by atoms with E-state index < -0.39 is 0 Å². The molecule has 0 heterocycles. The Labute approximate surface area is 191 Å². The summed E-state index contributed by atoms with van der Waals surface area (Å²) in [5.41, 5.74) is 4.68. The Hall–Kier alpha value is -2.35. The molecule has 2 rings (SSSR count). The molecule has 0 aliphatic carbocycles. The smallest absolute Gasteiger partial charge is 0.308 e. The predicted molar refractivity (Wildman–Crippen MR) is 136 cm³/mol. The molecule has 0 aliphatic heterocycles. The summed E-state index contributed by atoms with van der Waals surface area (Å²) in [5.74, 6) is -0.240. The first-order valence-corrected chi connectivity index (χ1v) is 11.0. The third kappa shape index (κ3) is 9.12. The molecule has 2 aromatic rings. The number of allylic oxidation sites excluding steroid dienone is 1. The number of hydrogen-bond acceptors (Lipinski definition) is 2. The number of ether oxygens (including phenoxy) is 1. The van der Waals surface area contributed by atoms with Crippen molar-refractivity contribution in [2.24, 2.45) is 11.3 Å². The number of benzene rings is 2. The summed E-state index contributed by atoms with van der Waals surface area (Å²) < 4.78 is 5.42. The quantitative estimate of drug-likeness (QED) is 0.329. The first-order chi connectivity index (χ1) is 14.0. The number of carbonyl (C=O) groups excluding carboxylic acids is 1. The molecule has 0 spiro atoms. The topological polar surface area (TPSA) is 26.3 Å². The van der Waals surface area contributed by atoms with E-state index in [-0.39, 0.29) is 30.1 Å². The van der Waals surface area contributed by atoms with Crippen LogP contribution >= 0.6 is 0 Å². The zero-order valence-corrected chi connectivity index (χ0v) is 20.4. The second-order valence-corrected chi connectivity index (χ2v) is 9.25. The van der Waals surface area contributed by atoms with Crippen LogP contribution < -0.4 is 0 Å². The predicted octanol–water partition coefficient (Wildman–Crippen LogP) is 8.38. The van der Waals surface area contributed by atoms with Crippen molar-refractivity contribution >= 4 is 5.97 Å². The Morgan fingerprint density at radius 2 is 1.32 bits per heavy atom. The highest BCUT2D eigenvalue weighted by Gasteiger charge is 2.22. The van der Waals surface area contributed by atoms with E-state index in [9.17, 15) is 4.79 Å². The molecule has 0 radical (unpaired) electrons. The monoisotopic (exact) mass is 424 g/mol. The van der Waals surface area contributed by atoms with Crippen molar-refractivity contribution in [2.45, 2.75) is 75.2 Å². The molecular formula is C29H44O2. The molecule has 0 saturated carbocycles. The molecular weight excluding hydrogens is 380 g/mol. The van der Waals surface area contributed by atoms with Crippen LogP contribution in [0.5, 0.6) is 0 Å². The van der Waals surface area contributed by atoms with Gasteiger partial charge in [0.2, 0.25) is 0 Å². The third-order valence-electron chi connectivity index (χ3n) is 5.02. The number of hydrogen-bond donors (Lipinski definition) is 0. The molecule has 0 saturated heterocycles. The Balaban J connectivity index is 0.00000291. The van der Waals surface area contributed by atoms with E-state index >= 15 is 0 Å². The van der Waals surface area contributed by atoms with Gasteiger partial charge in [0.05, 0.1) is 12.5 Å². The van der Waals surface area contributed by atoms with E-state index in [0.717, 1.165) is 0 Å². The van der Waals surface area contributed by atoms with Gasteiger partial charge < -0.3 is 4.74 Å². The number of rotatable bonds is 7. The van der Waals surface area contributed by atoms with Gasteiger partial charge >= 0.3 is 5.97 Å². The van der Waals surface area contributed by atoms with Gasteiger partial charge in [0.15, 0.2) is 0 Å². The van der Waals surface area contributed by atoms with Gasteiger partial charge in [-0.3, -0.25) is 4.79 Å². The fourth-order valence-electron chi connectivity index (χ4n) is 2.84. The van der Waals surface area contributed by atoms with Crippen LogP contribution in [0.3, 0.4) is 0 Å². The summed E-state index contributed by atoms with van der Waals surface area (Å²) in [5, 5.41) is 0. The standard InChI is InChI=1S/C26H34O2.C2H6.CH4/c1-19(2)24(27)28-18-25(4,5)16-17-26(6,7)23-14-12-22(13-15-23)21-10-8-20(3)9-11-21;1-2;/h8-17,19H,18H2,1-7H3;1-2H3;1H4/b17-16+;;. The number of carbonyl (C=O) groups is 1. The molecule has 0 fully saturated rings. The van der Waals surface area contributed by atoms with Crippen molar-refractivity contribution in [3.63, 3.8) is 0 Å². The molecule has 172 valence electrons. The summed E-state index contributed by atoms with van der Waals surface area (Å²) in [6.07, 6.45) is 4.38. The Morgan fingerprint density at radius 3 is 1.77 bits per heavy atom. The SMILES string of the molecule is C.CC.Cc1ccc(-c2ccc(C(C)(C)/C=C/C(C)(C)COC(=O)C(C)C)cc2)cc1. The average Bonchev–Trinajstić information content (AvgIpc) is 2.73. The van der Waals surface area contributed by atoms with Crippen molar-refractivity contribution in [1.29, 1.82) is 0 Å². The van der Waals surface area contributed by atoms with Crippen molar-refractivity contribution in [3.8, 4) is 11.1 Å². The van der Waals surface area contributed by atoms with Crippen molar-refractivity contribution < 1.29 is 9.53 Å². The summed E-state index contributed by atoms with van der Waals surface area (Å²) >= 11 is 0. The second kappa shape index (κ2) is 12.5. The molecule has 2 aromatic carbocycles. The lowest BCUT2D eigenvalue weighted by molar-refractivity contribution is -0.149. The molecule has 2 heteroatoms. The molecule has 0 atom stereocenters. The maximum absolute atomic E-state index is 11.7. The molecule has 0 unspecified atom stereocenters. The van der Waals surface area contributed by atoms with Crippen LogP contribution in [0.2, 0.25) is 0 Å². The third-order valence-corrected chi connectivity index (χ3v) is 5.02. The molecule has 0 aromatic heterocycles. The Bertz CT molecular complexity index is 807. The highest BCUT2D eigenvalue weighted by Crippen LogP contribution is 2.30. The zero-order valence-electron chi connectivity index (χ0n) is 20.4. The Morgan fingerprint density at radius 1 is 0.871 bits per heavy atom. The van der Waals surface area contributed by atoms with E-state index in [4.69, 9.17) is 4.74 Å². The fraction of sp³-hybridized carbons (Fsp3) is 0.483. The van der Waals surface area contributed by atoms with Gasteiger partial charge in [-0.2, -0.15) is 0 Å². The summed E-state index contributed by atoms with van der Waals surface area (Å²) in [6.45, 7) is 18.8. The van der Waals surface area contributed by atoms with Crippen LogP contribution in [0.25, 0.3) is 11.1 Å². The zero-order chi connectivity index (χ0) is 22.9. The van der Waals surface area contributed by atoms with Crippen LogP contribution in [-0.2, 0) is 14.9 Å². The molecule has 0 aliphatic rings. The van der Waals surface area contributed by atoms with Gasteiger partial charge in [-0.25, -0.2) is 0 Å². The lowest BCUT2D eigenvalue weighted by atomic mass is 9.81. The van der Waals surface area contributed by atoms with Crippen LogP contribution in [-0.4, -0.2) is 12.6 Å². The molecule has 0 N–H and O–H groups in total. The van der Waals surface area contributed by atoms with Gasteiger partial charge in [0.1, 0.15) is 0 Å². The minimum Gasteiger partial charge on any atom is -0.465 e. The molecule has 2 nitrogen and oxygen atoms in total.